The van der Waals surface area contributed by atoms with Gasteiger partial charge in [0.25, 0.3) is 11.8 Å². The molecule has 0 atom stereocenters. The molecule has 0 spiro atoms. The van der Waals surface area contributed by atoms with Gasteiger partial charge in [0.15, 0.2) is 0 Å². The van der Waals surface area contributed by atoms with Crippen LogP contribution in [0.1, 0.15) is 38.5 Å². The third-order valence-electron chi connectivity index (χ3n) is 5.49. The van der Waals surface area contributed by atoms with Crippen LogP contribution in [-0.4, -0.2) is 62.9 Å². The summed E-state index contributed by atoms with van der Waals surface area (Å²) < 4.78 is 0. The Morgan fingerprint density at radius 2 is 1.40 bits per heavy atom. The smallest absolute Gasteiger partial charge is 0.254 e. The maximum Gasteiger partial charge on any atom is 0.254 e. The highest BCUT2D eigenvalue weighted by atomic mass is 16.3. The zero-order valence-electron chi connectivity index (χ0n) is 17.1. The molecule has 4 rings (SSSR count). The normalized spacial score (nSPS) is 14.6. The van der Waals surface area contributed by atoms with Crippen LogP contribution in [0.5, 0.6) is 5.75 Å². The Morgan fingerprint density at radius 3 is 2.03 bits per heavy atom. The molecule has 1 saturated heterocycles. The molecule has 1 aliphatic rings. The van der Waals surface area contributed by atoms with Crippen LogP contribution < -0.4 is 0 Å². The molecule has 0 aliphatic carbocycles. The van der Waals surface area contributed by atoms with Gasteiger partial charge in [0.2, 0.25) is 0 Å². The molecule has 1 aliphatic heterocycles. The molecule has 2 aromatic carbocycles. The number of aromatic nitrogens is 2. The van der Waals surface area contributed by atoms with E-state index in [9.17, 15) is 14.7 Å². The number of hydrogen-bond donors (Lipinski definition) is 1. The van der Waals surface area contributed by atoms with Gasteiger partial charge in [-0.3, -0.25) is 9.59 Å². The van der Waals surface area contributed by atoms with Crippen LogP contribution in [0.15, 0.2) is 42.5 Å². The highest BCUT2D eigenvalue weighted by Gasteiger charge is 2.24. The molecular weight excluding hydrogens is 380 g/mol. The number of phenols is 1. The van der Waals surface area contributed by atoms with Crippen molar-refractivity contribution in [2.75, 3.05) is 26.2 Å². The number of rotatable bonds is 2. The molecule has 0 radical (unpaired) electrons. The lowest BCUT2D eigenvalue weighted by molar-refractivity contribution is 0.0718. The second-order valence-electron chi connectivity index (χ2n) is 7.59. The van der Waals surface area contributed by atoms with Gasteiger partial charge in [0, 0.05) is 37.3 Å². The molecule has 1 N–H and O–H groups in total. The predicted molar refractivity (Wildman–Crippen MR) is 114 cm³/mol. The number of amides is 2. The molecule has 30 heavy (non-hydrogen) atoms. The number of fused-ring (bicyclic) bond motifs is 1. The second kappa shape index (κ2) is 8.10. The van der Waals surface area contributed by atoms with Gasteiger partial charge in [-0.25, -0.2) is 9.97 Å². The van der Waals surface area contributed by atoms with E-state index in [1.54, 1.807) is 34.1 Å². The Kier molecular flexibility index (Phi) is 5.35. The average Bonchev–Trinajstić information content (AvgIpc) is 2.99. The molecule has 7 nitrogen and oxygen atoms in total. The fourth-order valence-corrected chi connectivity index (χ4v) is 3.69. The zero-order chi connectivity index (χ0) is 21.3. The van der Waals surface area contributed by atoms with Crippen molar-refractivity contribution in [3.8, 4) is 5.75 Å². The van der Waals surface area contributed by atoms with Crippen LogP contribution in [0, 0.1) is 13.8 Å². The van der Waals surface area contributed by atoms with Crippen LogP contribution in [-0.2, 0) is 0 Å². The summed E-state index contributed by atoms with van der Waals surface area (Å²) >= 11 is 0. The predicted octanol–water partition coefficient (Wildman–Crippen LogP) is 2.94. The highest BCUT2D eigenvalue weighted by molar-refractivity contribution is 5.97. The first-order valence-electron chi connectivity index (χ1n) is 10.0. The van der Waals surface area contributed by atoms with Crippen molar-refractivity contribution in [3.63, 3.8) is 0 Å². The minimum Gasteiger partial charge on any atom is -0.508 e. The maximum atomic E-state index is 13.1. The average molecular weight is 404 g/mol. The highest BCUT2D eigenvalue weighted by Crippen LogP contribution is 2.18. The molecule has 0 unspecified atom stereocenters. The fraction of sp³-hybridized carbons (Fsp3) is 0.304. The molecule has 7 heteroatoms. The first-order valence-corrected chi connectivity index (χ1v) is 10.0. The lowest BCUT2D eigenvalue weighted by Crippen LogP contribution is -2.37. The van der Waals surface area contributed by atoms with Gasteiger partial charge in [-0.1, -0.05) is 6.07 Å². The first-order chi connectivity index (χ1) is 14.4. The molecule has 2 amide bonds. The Bertz CT molecular complexity index is 1130. The monoisotopic (exact) mass is 404 g/mol. The van der Waals surface area contributed by atoms with Crippen LogP contribution in [0.4, 0.5) is 0 Å². The molecule has 0 saturated carbocycles. The van der Waals surface area contributed by atoms with Gasteiger partial charge in [-0.15, -0.1) is 0 Å². The molecule has 2 heterocycles. The van der Waals surface area contributed by atoms with E-state index in [0.29, 0.717) is 49.2 Å². The van der Waals surface area contributed by atoms with E-state index in [1.807, 2.05) is 19.9 Å². The van der Waals surface area contributed by atoms with E-state index in [2.05, 4.69) is 9.97 Å². The third-order valence-corrected chi connectivity index (χ3v) is 5.49. The molecule has 0 bridgehead atoms. The maximum absolute atomic E-state index is 13.1. The van der Waals surface area contributed by atoms with Crippen molar-refractivity contribution < 1.29 is 14.7 Å². The summed E-state index contributed by atoms with van der Waals surface area (Å²) in [6, 6.07) is 11.8. The number of phenolic OH excluding ortho intramolecular Hbond substituents is 1. The van der Waals surface area contributed by atoms with Crippen molar-refractivity contribution in [1.82, 2.24) is 19.8 Å². The second-order valence-corrected chi connectivity index (χ2v) is 7.59. The van der Waals surface area contributed by atoms with E-state index in [1.165, 1.54) is 12.1 Å². The number of aromatic hydroxyl groups is 1. The SMILES string of the molecule is Cc1nc2ccc(C(=O)N3CCCN(C(=O)c4cccc(O)c4)CC3)cc2nc1C. The number of hydrogen-bond acceptors (Lipinski definition) is 5. The van der Waals surface area contributed by atoms with E-state index < -0.39 is 0 Å². The van der Waals surface area contributed by atoms with Crippen LogP contribution in [0.2, 0.25) is 0 Å². The topological polar surface area (TPSA) is 86.6 Å². The summed E-state index contributed by atoms with van der Waals surface area (Å²) in [6.45, 7) is 5.89. The van der Waals surface area contributed by atoms with Crippen LogP contribution in [0.25, 0.3) is 11.0 Å². The fourth-order valence-electron chi connectivity index (χ4n) is 3.69. The standard InChI is InChI=1S/C23H24N4O3/c1-15-16(2)25-21-14-18(7-8-20(21)24-15)23(30)27-10-4-9-26(11-12-27)22(29)17-5-3-6-19(28)13-17/h3,5-8,13-14,28H,4,9-12H2,1-2H3. The minimum atomic E-state index is -0.132. The Hall–Kier alpha value is -3.48. The Morgan fingerprint density at radius 1 is 0.800 bits per heavy atom. The summed E-state index contributed by atoms with van der Waals surface area (Å²) in [7, 11) is 0. The van der Waals surface area contributed by atoms with Gasteiger partial charge < -0.3 is 14.9 Å². The number of carbonyl (C=O) groups is 2. The summed E-state index contributed by atoms with van der Waals surface area (Å²) in [6.07, 6.45) is 0.696. The number of benzene rings is 2. The quantitative estimate of drug-likeness (QED) is 0.710. The van der Waals surface area contributed by atoms with Crippen LogP contribution in [0.3, 0.4) is 0 Å². The first kappa shape index (κ1) is 19.8. The molecule has 3 aromatic rings. The molecule has 1 aromatic heterocycles. The third kappa shape index (κ3) is 3.96. The molecule has 154 valence electrons. The van der Waals surface area contributed by atoms with Gasteiger partial charge in [-0.2, -0.15) is 0 Å². The lowest BCUT2D eigenvalue weighted by Gasteiger charge is -2.22. The molecular formula is C23H24N4O3. The van der Waals surface area contributed by atoms with Crippen molar-refractivity contribution >= 4 is 22.8 Å². The summed E-state index contributed by atoms with van der Waals surface area (Å²) in [5.41, 5.74) is 4.24. The van der Waals surface area contributed by atoms with Crippen molar-refractivity contribution in [3.05, 3.63) is 65.0 Å². The number of aryl methyl sites for hydroxylation is 2. The van der Waals surface area contributed by atoms with Gasteiger partial charge in [0.05, 0.1) is 22.4 Å². The van der Waals surface area contributed by atoms with Crippen molar-refractivity contribution in [1.29, 1.82) is 0 Å². The number of carbonyl (C=O) groups excluding carboxylic acids is 2. The summed E-state index contributed by atoms with van der Waals surface area (Å²) in [5.74, 6) is -0.132. The van der Waals surface area contributed by atoms with Crippen LogP contribution >= 0.6 is 0 Å². The largest absolute Gasteiger partial charge is 0.508 e. The summed E-state index contributed by atoms with van der Waals surface area (Å²) in [4.78, 5) is 38.4. The van der Waals surface area contributed by atoms with Gasteiger partial charge in [-0.05, 0) is 56.7 Å². The Balaban J connectivity index is 1.49. The van der Waals surface area contributed by atoms with Crippen molar-refractivity contribution in [2.24, 2.45) is 0 Å². The van der Waals surface area contributed by atoms with E-state index in [-0.39, 0.29) is 17.6 Å². The Labute approximate surface area is 175 Å². The number of nitrogens with zero attached hydrogens (tertiary/aromatic N) is 4. The summed E-state index contributed by atoms with van der Waals surface area (Å²) in [5, 5.41) is 9.63. The zero-order valence-corrected chi connectivity index (χ0v) is 17.1. The van der Waals surface area contributed by atoms with E-state index >= 15 is 0 Å². The lowest BCUT2D eigenvalue weighted by atomic mass is 10.1. The van der Waals surface area contributed by atoms with Gasteiger partial charge >= 0.3 is 0 Å². The van der Waals surface area contributed by atoms with E-state index in [4.69, 9.17) is 0 Å². The minimum absolute atomic E-state index is 0.0661. The van der Waals surface area contributed by atoms with Gasteiger partial charge in [0.1, 0.15) is 5.75 Å². The molecule has 1 fully saturated rings. The van der Waals surface area contributed by atoms with E-state index in [0.717, 1.165) is 16.9 Å². The van der Waals surface area contributed by atoms with Crippen molar-refractivity contribution in [2.45, 2.75) is 20.3 Å².